The van der Waals surface area contributed by atoms with Crippen molar-refractivity contribution in [3.8, 4) is 5.75 Å². The van der Waals surface area contributed by atoms with Gasteiger partial charge in [0.2, 0.25) is 0 Å². The molecule has 1 aromatic rings. The van der Waals surface area contributed by atoms with Crippen LogP contribution < -0.4 is 4.74 Å². The predicted octanol–water partition coefficient (Wildman–Crippen LogP) is 4.28. The number of piperidine rings is 2. The second kappa shape index (κ2) is 9.05. The van der Waals surface area contributed by atoms with E-state index in [9.17, 15) is 0 Å². The monoisotopic (exact) mass is 344 g/mol. The lowest BCUT2D eigenvalue weighted by molar-refractivity contribution is 0.105. The van der Waals surface area contributed by atoms with Crippen molar-refractivity contribution in [2.24, 2.45) is 17.8 Å². The highest BCUT2D eigenvalue weighted by Gasteiger charge is 2.25. The molecule has 3 rings (SSSR count). The number of rotatable bonds is 6. The maximum atomic E-state index is 5.25. The molecule has 0 aromatic heterocycles. The molecule has 0 spiro atoms. The average molecular weight is 345 g/mol. The topological polar surface area (TPSA) is 15.7 Å². The van der Waals surface area contributed by atoms with Crippen LogP contribution in [0.15, 0.2) is 24.3 Å². The molecule has 3 nitrogen and oxygen atoms in total. The third kappa shape index (κ3) is 5.46. The van der Waals surface area contributed by atoms with E-state index in [1.54, 1.807) is 7.11 Å². The Kier molecular flexibility index (Phi) is 6.77. The van der Waals surface area contributed by atoms with Crippen LogP contribution in [0.2, 0.25) is 0 Å². The maximum absolute atomic E-state index is 5.25. The molecule has 0 bridgehead atoms. The lowest BCUT2D eigenvalue weighted by Crippen LogP contribution is -2.41. The lowest BCUT2D eigenvalue weighted by atomic mass is 9.86. The summed E-state index contributed by atoms with van der Waals surface area (Å²) in [6, 6.07) is 8.54. The summed E-state index contributed by atoms with van der Waals surface area (Å²) in [4.78, 5) is 5.35. The van der Waals surface area contributed by atoms with Crippen LogP contribution in [0.4, 0.5) is 0 Å². The fourth-order valence-corrected chi connectivity index (χ4v) is 4.48. The average Bonchev–Trinajstić information content (AvgIpc) is 2.64. The first-order chi connectivity index (χ1) is 12.1. The van der Waals surface area contributed by atoms with Crippen molar-refractivity contribution in [1.29, 1.82) is 0 Å². The van der Waals surface area contributed by atoms with E-state index in [2.05, 4.69) is 47.9 Å². The van der Waals surface area contributed by atoms with Gasteiger partial charge < -0.3 is 9.64 Å². The number of benzene rings is 1. The van der Waals surface area contributed by atoms with Crippen LogP contribution in [0, 0.1) is 17.8 Å². The Balaban J connectivity index is 1.37. The molecule has 2 saturated heterocycles. The smallest absolute Gasteiger partial charge is 0.118 e. The van der Waals surface area contributed by atoms with E-state index < -0.39 is 0 Å². The van der Waals surface area contributed by atoms with Gasteiger partial charge in [-0.2, -0.15) is 0 Å². The van der Waals surface area contributed by atoms with Gasteiger partial charge in [-0.1, -0.05) is 26.0 Å². The van der Waals surface area contributed by atoms with Crippen LogP contribution in [0.3, 0.4) is 0 Å². The zero-order valence-corrected chi connectivity index (χ0v) is 16.4. The molecule has 0 saturated carbocycles. The van der Waals surface area contributed by atoms with E-state index in [0.29, 0.717) is 0 Å². The summed E-state index contributed by atoms with van der Waals surface area (Å²) in [5, 5.41) is 0. The number of hydrogen-bond acceptors (Lipinski definition) is 3. The van der Waals surface area contributed by atoms with Crippen LogP contribution in [0.25, 0.3) is 0 Å². The summed E-state index contributed by atoms with van der Waals surface area (Å²) in [7, 11) is 1.73. The highest BCUT2D eigenvalue weighted by Crippen LogP contribution is 2.27. The predicted molar refractivity (Wildman–Crippen MR) is 105 cm³/mol. The van der Waals surface area contributed by atoms with E-state index in [0.717, 1.165) is 30.0 Å². The highest BCUT2D eigenvalue weighted by atomic mass is 16.5. The van der Waals surface area contributed by atoms with E-state index in [4.69, 9.17) is 4.74 Å². The molecule has 0 aliphatic carbocycles. The first kappa shape index (κ1) is 18.7. The number of ether oxygens (including phenoxy) is 1. The Bertz CT molecular complexity index is 497. The molecule has 0 radical (unpaired) electrons. The van der Waals surface area contributed by atoms with Gasteiger partial charge in [0.25, 0.3) is 0 Å². The minimum atomic E-state index is 0.864. The first-order valence-electron chi connectivity index (χ1n) is 10.2. The molecule has 2 aliphatic heterocycles. The molecule has 2 heterocycles. The standard InChI is InChI=1S/C22H36N2O/c1-18(2)21-10-14-24(15-11-21)17-20-8-12-23(13-9-20)16-19-4-6-22(25-3)7-5-19/h4-7,18,20-21H,8-17H2,1-3H3. The van der Waals surface area contributed by atoms with Crippen molar-refractivity contribution < 1.29 is 4.74 Å². The van der Waals surface area contributed by atoms with Gasteiger partial charge in [-0.15, -0.1) is 0 Å². The molecule has 2 aliphatic rings. The van der Waals surface area contributed by atoms with Crippen molar-refractivity contribution in [3.63, 3.8) is 0 Å². The first-order valence-corrected chi connectivity index (χ1v) is 10.2. The molecule has 25 heavy (non-hydrogen) atoms. The second-order valence-electron chi connectivity index (χ2n) is 8.45. The van der Waals surface area contributed by atoms with Crippen LogP contribution in [-0.2, 0) is 6.54 Å². The maximum Gasteiger partial charge on any atom is 0.118 e. The van der Waals surface area contributed by atoms with Crippen molar-refractivity contribution in [3.05, 3.63) is 29.8 Å². The number of likely N-dealkylation sites (tertiary alicyclic amines) is 2. The third-order valence-corrected chi connectivity index (χ3v) is 6.36. The van der Waals surface area contributed by atoms with E-state index in [1.165, 1.54) is 64.0 Å². The molecule has 140 valence electrons. The Labute approximate surface area is 154 Å². The van der Waals surface area contributed by atoms with Gasteiger partial charge in [0.15, 0.2) is 0 Å². The SMILES string of the molecule is COc1ccc(CN2CCC(CN3CCC(C(C)C)CC3)CC2)cc1. The molecule has 0 unspecified atom stereocenters. The molecule has 2 fully saturated rings. The lowest BCUT2D eigenvalue weighted by Gasteiger charge is -2.38. The summed E-state index contributed by atoms with van der Waals surface area (Å²) >= 11 is 0. The molecule has 0 atom stereocenters. The molecule has 1 aromatic carbocycles. The van der Waals surface area contributed by atoms with Gasteiger partial charge in [0.05, 0.1) is 7.11 Å². The summed E-state index contributed by atoms with van der Waals surface area (Å²) in [5.74, 6) is 3.68. The minimum absolute atomic E-state index is 0.864. The fraction of sp³-hybridized carbons (Fsp3) is 0.727. The summed E-state index contributed by atoms with van der Waals surface area (Å²) in [5.41, 5.74) is 1.40. The summed E-state index contributed by atoms with van der Waals surface area (Å²) < 4.78 is 5.25. The quantitative estimate of drug-likeness (QED) is 0.766. The second-order valence-corrected chi connectivity index (χ2v) is 8.45. The van der Waals surface area contributed by atoms with Gasteiger partial charge >= 0.3 is 0 Å². The Hall–Kier alpha value is -1.06. The fourth-order valence-electron chi connectivity index (χ4n) is 4.48. The zero-order valence-electron chi connectivity index (χ0n) is 16.4. The molecular weight excluding hydrogens is 308 g/mol. The van der Waals surface area contributed by atoms with Crippen LogP contribution >= 0.6 is 0 Å². The number of methoxy groups -OCH3 is 1. The Morgan fingerprint density at radius 3 is 2.08 bits per heavy atom. The van der Waals surface area contributed by atoms with Gasteiger partial charge in [-0.25, -0.2) is 0 Å². The van der Waals surface area contributed by atoms with Crippen molar-refractivity contribution >= 4 is 0 Å². The number of nitrogens with zero attached hydrogens (tertiary/aromatic N) is 2. The van der Waals surface area contributed by atoms with E-state index >= 15 is 0 Å². The normalized spacial score (nSPS) is 21.8. The summed E-state index contributed by atoms with van der Waals surface area (Å²) in [6.07, 6.45) is 5.54. The highest BCUT2D eigenvalue weighted by molar-refractivity contribution is 5.27. The van der Waals surface area contributed by atoms with Gasteiger partial charge in [0, 0.05) is 13.1 Å². The van der Waals surface area contributed by atoms with Crippen LogP contribution in [-0.4, -0.2) is 49.6 Å². The van der Waals surface area contributed by atoms with Crippen molar-refractivity contribution in [2.45, 2.75) is 46.1 Å². The number of hydrogen-bond donors (Lipinski definition) is 0. The Morgan fingerprint density at radius 2 is 1.52 bits per heavy atom. The largest absolute Gasteiger partial charge is 0.497 e. The summed E-state index contributed by atoms with van der Waals surface area (Å²) in [6.45, 7) is 12.3. The van der Waals surface area contributed by atoms with E-state index in [1.807, 2.05) is 0 Å². The van der Waals surface area contributed by atoms with Crippen molar-refractivity contribution in [1.82, 2.24) is 9.80 Å². The van der Waals surface area contributed by atoms with Crippen LogP contribution in [0.5, 0.6) is 5.75 Å². The third-order valence-electron chi connectivity index (χ3n) is 6.36. The van der Waals surface area contributed by atoms with E-state index in [-0.39, 0.29) is 0 Å². The molecule has 0 amide bonds. The zero-order chi connectivity index (χ0) is 17.6. The van der Waals surface area contributed by atoms with Gasteiger partial charge in [-0.3, -0.25) is 4.90 Å². The molecule has 3 heteroatoms. The molecule has 0 N–H and O–H groups in total. The van der Waals surface area contributed by atoms with Crippen LogP contribution in [0.1, 0.15) is 45.1 Å². The molecular formula is C22H36N2O. The Morgan fingerprint density at radius 1 is 0.920 bits per heavy atom. The van der Waals surface area contributed by atoms with Crippen molar-refractivity contribution in [2.75, 3.05) is 39.8 Å². The van der Waals surface area contributed by atoms with Gasteiger partial charge in [-0.05, 0) is 87.3 Å². The van der Waals surface area contributed by atoms with Gasteiger partial charge in [0.1, 0.15) is 5.75 Å². The minimum Gasteiger partial charge on any atom is -0.497 e.